The summed E-state index contributed by atoms with van der Waals surface area (Å²) in [5.74, 6) is -1.17. The van der Waals surface area contributed by atoms with Crippen LogP contribution in [0.5, 0.6) is 0 Å². The van der Waals surface area contributed by atoms with E-state index in [1.54, 1.807) is 30.6 Å². The molecule has 3 aromatic rings. The van der Waals surface area contributed by atoms with E-state index >= 15 is 0 Å². The Kier molecular flexibility index (Phi) is 4.26. The molecule has 5 heteroatoms. The van der Waals surface area contributed by atoms with Crippen LogP contribution in [0.25, 0.3) is 21.5 Å². The standard InChI is InChI=1S/C14H8BrNO2.Na/c15-13-6-9-5-8(14(17)18)1-2-10(9)12-7-16-4-3-11(12)13;/h1-7H,(H,17,18);/q;+1/p-1. The third-order valence-corrected chi connectivity index (χ3v) is 3.59. The Bertz CT molecular complexity index is 789. The van der Waals surface area contributed by atoms with Crippen molar-refractivity contribution in [3.8, 4) is 0 Å². The van der Waals surface area contributed by atoms with Crippen LogP contribution in [0, 0.1) is 0 Å². The zero-order valence-corrected chi connectivity index (χ0v) is 13.8. The molecule has 0 saturated heterocycles. The molecule has 0 saturated carbocycles. The first-order valence-corrected chi connectivity index (χ1v) is 6.13. The van der Waals surface area contributed by atoms with E-state index in [0.717, 1.165) is 26.0 Å². The molecule has 0 N–H and O–H groups in total. The summed E-state index contributed by atoms with van der Waals surface area (Å²) in [6.45, 7) is 0. The number of pyridine rings is 1. The zero-order chi connectivity index (χ0) is 12.7. The molecule has 0 radical (unpaired) electrons. The number of carboxylic acids is 1. The van der Waals surface area contributed by atoms with Crippen LogP contribution in [-0.4, -0.2) is 11.0 Å². The van der Waals surface area contributed by atoms with Crippen molar-refractivity contribution < 1.29 is 39.5 Å². The van der Waals surface area contributed by atoms with Gasteiger partial charge in [-0.3, -0.25) is 4.98 Å². The molecule has 3 rings (SSSR count). The number of halogens is 1. The Morgan fingerprint density at radius 2 is 1.89 bits per heavy atom. The first kappa shape index (κ1) is 14.5. The molecule has 19 heavy (non-hydrogen) atoms. The van der Waals surface area contributed by atoms with Crippen molar-refractivity contribution in [2.45, 2.75) is 0 Å². The molecule has 1 heterocycles. The average Bonchev–Trinajstić information content (AvgIpc) is 2.38. The molecule has 0 spiro atoms. The van der Waals surface area contributed by atoms with Gasteiger partial charge in [-0.05, 0) is 39.9 Å². The van der Waals surface area contributed by atoms with Gasteiger partial charge in [0.05, 0.1) is 5.97 Å². The number of aromatic carboxylic acids is 1. The minimum atomic E-state index is -1.17. The van der Waals surface area contributed by atoms with Crippen molar-refractivity contribution in [1.82, 2.24) is 4.98 Å². The number of hydrogen-bond donors (Lipinski definition) is 0. The van der Waals surface area contributed by atoms with Gasteiger partial charge in [0.2, 0.25) is 0 Å². The summed E-state index contributed by atoms with van der Waals surface area (Å²) in [6, 6.07) is 8.78. The van der Waals surface area contributed by atoms with E-state index in [4.69, 9.17) is 0 Å². The van der Waals surface area contributed by atoms with Gasteiger partial charge < -0.3 is 9.90 Å². The molecule has 0 atom stereocenters. The molecule has 2 aromatic carbocycles. The van der Waals surface area contributed by atoms with Gasteiger partial charge >= 0.3 is 29.6 Å². The fourth-order valence-electron chi connectivity index (χ4n) is 2.09. The van der Waals surface area contributed by atoms with Gasteiger partial charge in [-0.25, -0.2) is 0 Å². The predicted octanol–water partition coefficient (Wildman–Crippen LogP) is -0.482. The molecular formula is C14H7BrNNaO2. The van der Waals surface area contributed by atoms with E-state index in [1.165, 1.54) is 0 Å². The fourth-order valence-corrected chi connectivity index (χ4v) is 2.68. The van der Waals surface area contributed by atoms with Crippen LogP contribution >= 0.6 is 15.9 Å². The van der Waals surface area contributed by atoms with Crippen molar-refractivity contribution in [2.24, 2.45) is 0 Å². The first-order valence-electron chi connectivity index (χ1n) is 5.34. The predicted molar refractivity (Wildman–Crippen MR) is 71.3 cm³/mol. The smallest absolute Gasteiger partial charge is 0.545 e. The van der Waals surface area contributed by atoms with Gasteiger partial charge in [0.25, 0.3) is 0 Å². The number of nitrogens with zero attached hydrogens (tertiary/aromatic N) is 1. The normalized spacial score (nSPS) is 10.4. The number of carboxylic acid groups (broad SMARTS) is 1. The first-order chi connectivity index (χ1) is 8.66. The largest absolute Gasteiger partial charge is 1.00 e. The number of carbonyl (C=O) groups excluding carboxylic acids is 1. The summed E-state index contributed by atoms with van der Waals surface area (Å²) in [6.07, 6.45) is 3.51. The molecule has 0 aliphatic heterocycles. The second kappa shape index (κ2) is 5.59. The van der Waals surface area contributed by atoms with Crippen molar-refractivity contribution in [3.05, 3.63) is 52.8 Å². The number of aromatic nitrogens is 1. The maximum absolute atomic E-state index is 10.9. The summed E-state index contributed by atoms with van der Waals surface area (Å²) in [5, 5.41) is 14.7. The minimum absolute atomic E-state index is 0. The van der Waals surface area contributed by atoms with E-state index in [0.29, 0.717) is 0 Å². The third-order valence-electron chi connectivity index (χ3n) is 2.94. The molecule has 3 nitrogen and oxygen atoms in total. The van der Waals surface area contributed by atoms with Crippen LogP contribution in [-0.2, 0) is 0 Å². The number of rotatable bonds is 1. The van der Waals surface area contributed by atoms with Gasteiger partial charge in [0.15, 0.2) is 0 Å². The number of fused-ring (bicyclic) bond motifs is 3. The summed E-state index contributed by atoms with van der Waals surface area (Å²) < 4.78 is 0.919. The minimum Gasteiger partial charge on any atom is -0.545 e. The number of hydrogen-bond acceptors (Lipinski definition) is 3. The Morgan fingerprint density at radius 1 is 1.11 bits per heavy atom. The molecular weight excluding hydrogens is 317 g/mol. The molecule has 0 aliphatic carbocycles. The zero-order valence-electron chi connectivity index (χ0n) is 10.2. The monoisotopic (exact) mass is 323 g/mol. The van der Waals surface area contributed by atoms with Gasteiger partial charge in [-0.15, -0.1) is 0 Å². The second-order valence-corrected chi connectivity index (χ2v) is 4.86. The van der Waals surface area contributed by atoms with Gasteiger partial charge in [-0.2, -0.15) is 0 Å². The van der Waals surface area contributed by atoms with Crippen LogP contribution in [0.1, 0.15) is 10.4 Å². The summed E-state index contributed by atoms with van der Waals surface area (Å²) in [4.78, 5) is 15.0. The molecule has 0 fully saturated rings. The molecule has 0 amide bonds. The average molecular weight is 324 g/mol. The van der Waals surface area contributed by atoms with Crippen molar-refractivity contribution in [1.29, 1.82) is 0 Å². The van der Waals surface area contributed by atoms with Crippen LogP contribution < -0.4 is 34.7 Å². The van der Waals surface area contributed by atoms with E-state index < -0.39 is 5.97 Å². The number of benzene rings is 2. The maximum atomic E-state index is 10.9. The van der Waals surface area contributed by atoms with Crippen molar-refractivity contribution in [2.75, 3.05) is 0 Å². The Labute approximate surface area is 140 Å². The fraction of sp³-hybridized carbons (Fsp3) is 0. The summed E-state index contributed by atoms with van der Waals surface area (Å²) in [5.41, 5.74) is 0.178. The Morgan fingerprint density at radius 3 is 2.63 bits per heavy atom. The van der Waals surface area contributed by atoms with Gasteiger partial charge in [0, 0.05) is 22.3 Å². The maximum Gasteiger partial charge on any atom is 1.00 e. The van der Waals surface area contributed by atoms with Crippen molar-refractivity contribution >= 4 is 43.4 Å². The summed E-state index contributed by atoms with van der Waals surface area (Å²) >= 11 is 3.49. The van der Waals surface area contributed by atoms with E-state index in [9.17, 15) is 9.90 Å². The van der Waals surface area contributed by atoms with Crippen LogP contribution in [0.4, 0.5) is 0 Å². The Balaban J connectivity index is 0.00000133. The van der Waals surface area contributed by atoms with Crippen molar-refractivity contribution in [3.63, 3.8) is 0 Å². The molecule has 0 unspecified atom stereocenters. The number of carbonyl (C=O) groups is 1. The van der Waals surface area contributed by atoms with Crippen LogP contribution in [0.2, 0.25) is 0 Å². The molecule has 0 aliphatic rings. The van der Waals surface area contributed by atoms with Gasteiger partial charge in [-0.1, -0.05) is 28.1 Å². The van der Waals surface area contributed by atoms with E-state index in [2.05, 4.69) is 20.9 Å². The topological polar surface area (TPSA) is 53.0 Å². The summed E-state index contributed by atoms with van der Waals surface area (Å²) in [7, 11) is 0. The van der Waals surface area contributed by atoms with Gasteiger partial charge in [0.1, 0.15) is 0 Å². The SMILES string of the molecule is O=C([O-])c1ccc2c(c1)cc(Br)c1ccncc12.[Na+]. The second-order valence-electron chi connectivity index (χ2n) is 4.00. The molecule has 0 bridgehead atoms. The van der Waals surface area contributed by atoms with Crippen LogP contribution in [0.3, 0.4) is 0 Å². The molecule has 1 aromatic heterocycles. The molecule has 88 valence electrons. The quantitative estimate of drug-likeness (QED) is 0.449. The van der Waals surface area contributed by atoms with Crippen LogP contribution in [0.15, 0.2) is 47.2 Å². The third kappa shape index (κ3) is 2.54. The van der Waals surface area contributed by atoms with E-state index in [-0.39, 0.29) is 35.1 Å². The Hall–Kier alpha value is -0.940. The van der Waals surface area contributed by atoms with E-state index in [1.807, 2.05) is 12.1 Å².